The van der Waals surface area contributed by atoms with E-state index in [1.807, 2.05) is 24.5 Å². The average Bonchev–Trinajstić information content (AvgIpc) is 3.46. The molecule has 0 aromatic heterocycles. The van der Waals surface area contributed by atoms with Crippen molar-refractivity contribution in [1.82, 2.24) is 10.2 Å². The molecule has 1 saturated heterocycles. The summed E-state index contributed by atoms with van der Waals surface area (Å²) in [4.78, 5) is 15.6. The van der Waals surface area contributed by atoms with Crippen molar-refractivity contribution in [2.45, 2.75) is 101 Å². The van der Waals surface area contributed by atoms with Crippen LogP contribution in [0.5, 0.6) is 0 Å². The summed E-state index contributed by atoms with van der Waals surface area (Å²) in [6.07, 6.45) is 18.4. The summed E-state index contributed by atoms with van der Waals surface area (Å²) in [6.45, 7) is 2.35. The maximum Gasteiger partial charge on any atom is 0.251 e. The second kappa shape index (κ2) is 12.1. The highest BCUT2D eigenvalue weighted by Crippen LogP contribution is 2.36. The number of piperidine rings is 1. The van der Waals surface area contributed by atoms with E-state index in [-0.39, 0.29) is 5.91 Å². The lowest BCUT2D eigenvalue weighted by Gasteiger charge is -2.37. The van der Waals surface area contributed by atoms with Crippen molar-refractivity contribution in [3.05, 3.63) is 71.5 Å². The molecule has 38 heavy (non-hydrogen) atoms. The smallest absolute Gasteiger partial charge is 0.251 e. The van der Waals surface area contributed by atoms with Gasteiger partial charge in [-0.15, -0.1) is 0 Å². The van der Waals surface area contributed by atoms with Crippen LogP contribution < -0.4 is 5.32 Å². The minimum absolute atomic E-state index is 0.104. The number of hydrogen-bond donors (Lipinski definition) is 1. The molecule has 2 saturated carbocycles. The summed E-state index contributed by atoms with van der Waals surface area (Å²) in [5.74, 6) is 2.54. The summed E-state index contributed by atoms with van der Waals surface area (Å²) in [7, 11) is 0. The maximum atomic E-state index is 12.9. The standard InChI is InChI=1S/C34H44N2O2/c37-34(28-16-14-27(15-17-28)26-7-2-1-3-8-26)35-31-18-12-25(13-19-31)20-22-36-21-5-4-10-32(36)30-23-29-9-6-11-33(29)38-24-30/h6,9,11,14-17,23-26,31-32H,1-5,7-8,10,12-13,18-22H2,(H,35,37). The molecule has 4 heteroatoms. The summed E-state index contributed by atoms with van der Waals surface area (Å²) >= 11 is 0. The Morgan fingerprint density at radius 3 is 2.45 bits per heavy atom. The molecule has 0 radical (unpaired) electrons. The van der Waals surface area contributed by atoms with Crippen LogP contribution in [-0.4, -0.2) is 29.9 Å². The van der Waals surface area contributed by atoms with Crippen LogP contribution in [0, 0.1) is 5.92 Å². The molecule has 1 atom stereocenters. The van der Waals surface area contributed by atoms with Crippen LogP contribution in [0.25, 0.3) is 11.3 Å². The Morgan fingerprint density at radius 2 is 1.63 bits per heavy atom. The van der Waals surface area contributed by atoms with E-state index in [0.717, 1.165) is 30.1 Å². The molecule has 2 heterocycles. The lowest BCUT2D eigenvalue weighted by atomic mass is 9.83. The van der Waals surface area contributed by atoms with Crippen LogP contribution in [0.2, 0.25) is 0 Å². The van der Waals surface area contributed by atoms with Gasteiger partial charge in [0.25, 0.3) is 5.91 Å². The van der Waals surface area contributed by atoms with Crippen molar-refractivity contribution in [2.24, 2.45) is 5.92 Å². The lowest BCUT2D eigenvalue weighted by molar-refractivity contribution is 0.0915. The molecule has 3 fully saturated rings. The molecule has 1 unspecified atom stereocenters. The predicted molar refractivity (Wildman–Crippen MR) is 154 cm³/mol. The van der Waals surface area contributed by atoms with Gasteiger partial charge >= 0.3 is 0 Å². The van der Waals surface area contributed by atoms with Gasteiger partial charge in [0.2, 0.25) is 0 Å². The quantitative estimate of drug-likeness (QED) is 0.346. The highest BCUT2D eigenvalue weighted by Gasteiger charge is 2.28. The zero-order valence-corrected chi connectivity index (χ0v) is 22.9. The van der Waals surface area contributed by atoms with Gasteiger partial charge in [-0.25, -0.2) is 0 Å². The van der Waals surface area contributed by atoms with Crippen molar-refractivity contribution < 1.29 is 9.21 Å². The number of rotatable bonds is 7. The molecule has 5 aliphatic rings. The van der Waals surface area contributed by atoms with Gasteiger partial charge in [-0.3, -0.25) is 9.69 Å². The Balaban J connectivity index is 0.965. The number of carbonyl (C=O) groups excluding carboxylic acids is 1. The molecule has 202 valence electrons. The van der Waals surface area contributed by atoms with Gasteiger partial charge in [0.15, 0.2) is 0 Å². The molecule has 3 aliphatic carbocycles. The van der Waals surface area contributed by atoms with E-state index < -0.39 is 0 Å². The summed E-state index contributed by atoms with van der Waals surface area (Å²) in [6, 6.07) is 17.9. The minimum Gasteiger partial charge on any atom is -0.464 e. The normalized spacial score (nSPS) is 25.4. The van der Waals surface area contributed by atoms with Crippen LogP contribution in [0.4, 0.5) is 0 Å². The van der Waals surface area contributed by atoms with Crippen molar-refractivity contribution in [2.75, 3.05) is 13.1 Å². The van der Waals surface area contributed by atoms with Gasteiger partial charge in [0, 0.05) is 28.8 Å². The fourth-order valence-electron chi connectivity index (χ4n) is 7.36. The van der Waals surface area contributed by atoms with E-state index >= 15 is 0 Å². The second-order valence-electron chi connectivity index (χ2n) is 12.2. The number of likely N-dealkylation sites (tertiary alicyclic amines) is 1. The van der Waals surface area contributed by atoms with Gasteiger partial charge in [-0.2, -0.15) is 0 Å². The molecule has 1 amide bonds. The molecule has 0 bridgehead atoms. The van der Waals surface area contributed by atoms with E-state index in [1.54, 1.807) is 0 Å². The number of fused-ring (bicyclic) bond motifs is 1. The van der Waals surface area contributed by atoms with E-state index in [0.29, 0.717) is 18.0 Å². The second-order valence-corrected chi connectivity index (χ2v) is 12.2. The number of amides is 1. The topological polar surface area (TPSA) is 45.5 Å². The van der Waals surface area contributed by atoms with E-state index in [4.69, 9.17) is 4.42 Å². The predicted octanol–water partition coefficient (Wildman–Crippen LogP) is 8.34. The molecule has 1 N–H and O–H groups in total. The third kappa shape index (κ3) is 6.01. The first kappa shape index (κ1) is 25.7. The summed E-state index contributed by atoms with van der Waals surface area (Å²) in [5.41, 5.74) is 4.78. The van der Waals surface area contributed by atoms with E-state index in [2.05, 4.69) is 40.5 Å². The fourth-order valence-corrected chi connectivity index (χ4v) is 7.36. The van der Waals surface area contributed by atoms with Crippen LogP contribution in [0.1, 0.15) is 117 Å². The van der Waals surface area contributed by atoms with Gasteiger partial charge in [-0.1, -0.05) is 49.9 Å². The molecule has 6 rings (SSSR count). The highest BCUT2D eigenvalue weighted by atomic mass is 16.3. The molecular weight excluding hydrogens is 468 g/mol. The monoisotopic (exact) mass is 512 g/mol. The first-order valence-corrected chi connectivity index (χ1v) is 15.3. The number of benzene rings is 1. The molecule has 1 aromatic rings. The molecular formula is C34H44N2O2. The first-order valence-electron chi connectivity index (χ1n) is 15.3. The Kier molecular flexibility index (Phi) is 8.16. The van der Waals surface area contributed by atoms with Gasteiger partial charge in [0.05, 0.1) is 6.26 Å². The van der Waals surface area contributed by atoms with Crippen molar-refractivity contribution >= 4 is 5.91 Å². The molecule has 4 nitrogen and oxygen atoms in total. The lowest BCUT2D eigenvalue weighted by Crippen LogP contribution is -2.39. The Bertz CT molecular complexity index is 1140. The largest absolute Gasteiger partial charge is 0.464 e. The van der Waals surface area contributed by atoms with Crippen LogP contribution in [0.3, 0.4) is 0 Å². The number of nitrogens with zero attached hydrogens (tertiary/aromatic N) is 1. The van der Waals surface area contributed by atoms with Crippen molar-refractivity contribution in [3.63, 3.8) is 0 Å². The van der Waals surface area contributed by atoms with E-state index in [1.165, 1.54) is 100 Å². The molecule has 1 aromatic carbocycles. The van der Waals surface area contributed by atoms with Crippen molar-refractivity contribution in [1.29, 1.82) is 0 Å². The summed E-state index contributed by atoms with van der Waals surface area (Å²) < 4.78 is 5.93. The molecule has 2 aliphatic heterocycles. The number of carbonyl (C=O) groups is 1. The van der Waals surface area contributed by atoms with Gasteiger partial charge in [0.1, 0.15) is 5.76 Å². The Hall–Kier alpha value is -2.59. The Morgan fingerprint density at radius 1 is 0.842 bits per heavy atom. The summed E-state index contributed by atoms with van der Waals surface area (Å²) in [5, 5.41) is 3.34. The van der Waals surface area contributed by atoms with Crippen LogP contribution >= 0.6 is 0 Å². The SMILES string of the molecule is O=C(NC1CCC(CCN2CCCCC2c2coc3cccc-3c2)CC1)c1ccc(C2CCCCC2)cc1. The average molecular weight is 513 g/mol. The zero-order chi connectivity index (χ0) is 25.7. The minimum atomic E-state index is 0.104. The van der Waals surface area contributed by atoms with Crippen LogP contribution in [0.15, 0.2) is 59.2 Å². The van der Waals surface area contributed by atoms with Crippen LogP contribution in [-0.2, 0) is 0 Å². The number of nitrogens with one attached hydrogen (secondary N) is 1. The third-order valence-corrected chi connectivity index (χ3v) is 9.71. The maximum absolute atomic E-state index is 12.9. The first-order chi connectivity index (χ1) is 18.7. The third-order valence-electron chi connectivity index (χ3n) is 9.71. The van der Waals surface area contributed by atoms with E-state index in [9.17, 15) is 4.79 Å². The highest BCUT2D eigenvalue weighted by molar-refractivity contribution is 5.94. The Labute approximate surface area is 228 Å². The van der Waals surface area contributed by atoms with Gasteiger partial charge < -0.3 is 9.73 Å². The molecule has 0 spiro atoms. The van der Waals surface area contributed by atoms with Crippen molar-refractivity contribution in [3.8, 4) is 11.3 Å². The van der Waals surface area contributed by atoms with Gasteiger partial charge in [-0.05, 0) is 113 Å². The number of hydrogen-bond acceptors (Lipinski definition) is 3. The fraction of sp³-hybridized carbons (Fsp3) is 0.559. The zero-order valence-electron chi connectivity index (χ0n) is 22.9.